The van der Waals surface area contributed by atoms with Crippen LogP contribution in [0.1, 0.15) is 12.5 Å². The van der Waals surface area contributed by atoms with Gasteiger partial charge in [0.15, 0.2) is 9.84 Å². The van der Waals surface area contributed by atoms with Gasteiger partial charge in [-0.3, -0.25) is 0 Å². The summed E-state index contributed by atoms with van der Waals surface area (Å²) in [5, 5.41) is 3.30. The summed E-state index contributed by atoms with van der Waals surface area (Å²) in [5.41, 5.74) is 1.90. The molecule has 112 valence electrons. The fourth-order valence-corrected chi connectivity index (χ4v) is 2.74. The number of sulfone groups is 1. The Morgan fingerprint density at radius 1 is 1.05 bits per heavy atom. The van der Waals surface area contributed by atoms with Crippen LogP contribution in [0.4, 0.5) is 10.1 Å². The Morgan fingerprint density at radius 3 is 2.14 bits per heavy atom. The molecule has 0 aliphatic rings. The zero-order valence-corrected chi connectivity index (χ0v) is 12.8. The van der Waals surface area contributed by atoms with Crippen LogP contribution in [0, 0.1) is 5.82 Å². The Bertz CT molecular complexity index is 694. The molecular formula is C16H18FNO2S. The second kappa shape index (κ2) is 6.26. The van der Waals surface area contributed by atoms with Gasteiger partial charge < -0.3 is 5.32 Å². The fraction of sp³-hybridized carbons (Fsp3) is 0.250. The number of hydrogen-bond donors (Lipinski definition) is 1. The lowest BCUT2D eigenvalue weighted by atomic mass is 10.1. The minimum absolute atomic E-state index is 0.152. The van der Waals surface area contributed by atoms with Crippen molar-refractivity contribution in [3.63, 3.8) is 0 Å². The van der Waals surface area contributed by atoms with Crippen LogP contribution in [0.25, 0.3) is 0 Å². The van der Waals surface area contributed by atoms with E-state index in [4.69, 9.17) is 0 Å². The third kappa shape index (κ3) is 4.56. The van der Waals surface area contributed by atoms with Gasteiger partial charge in [0, 0.05) is 18.0 Å². The smallest absolute Gasteiger partial charge is 0.175 e. The van der Waals surface area contributed by atoms with Crippen LogP contribution in [0.3, 0.4) is 0 Å². The second-order valence-corrected chi connectivity index (χ2v) is 7.19. The molecule has 0 heterocycles. The van der Waals surface area contributed by atoms with E-state index in [1.807, 2.05) is 6.92 Å². The molecule has 1 unspecified atom stereocenters. The Morgan fingerprint density at radius 2 is 1.62 bits per heavy atom. The summed E-state index contributed by atoms with van der Waals surface area (Å²) >= 11 is 0. The van der Waals surface area contributed by atoms with Gasteiger partial charge in [-0.05, 0) is 55.3 Å². The van der Waals surface area contributed by atoms with E-state index in [1.165, 1.54) is 18.4 Å². The zero-order valence-electron chi connectivity index (χ0n) is 12.0. The van der Waals surface area contributed by atoms with Gasteiger partial charge in [0.05, 0.1) is 4.90 Å². The van der Waals surface area contributed by atoms with Gasteiger partial charge in [0.1, 0.15) is 5.82 Å². The number of rotatable bonds is 5. The lowest BCUT2D eigenvalue weighted by Crippen LogP contribution is -2.18. The minimum Gasteiger partial charge on any atom is -0.382 e. The molecule has 0 spiro atoms. The molecule has 2 aromatic carbocycles. The van der Waals surface area contributed by atoms with Crippen molar-refractivity contribution >= 4 is 15.5 Å². The Labute approximate surface area is 124 Å². The zero-order chi connectivity index (χ0) is 15.5. The van der Waals surface area contributed by atoms with E-state index in [0.717, 1.165) is 17.7 Å². The molecule has 0 aliphatic carbocycles. The van der Waals surface area contributed by atoms with Gasteiger partial charge in [-0.1, -0.05) is 12.1 Å². The van der Waals surface area contributed by atoms with Crippen molar-refractivity contribution in [2.75, 3.05) is 11.6 Å². The molecule has 0 radical (unpaired) electrons. The maximum Gasteiger partial charge on any atom is 0.175 e. The predicted molar refractivity (Wildman–Crippen MR) is 82.7 cm³/mol. The van der Waals surface area contributed by atoms with Gasteiger partial charge in [-0.15, -0.1) is 0 Å². The highest BCUT2D eigenvalue weighted by molar-refractivity contribution is 7.90. The first-order valence-electron chi connectivity index (χ1n) is 6.66. The molecule has 5 heteroatoms. The van der Waals surface area contributed by atoms with Crippen LogP contribution in [-0.2, 0) is 16.3 Å². The van der Waals surface area contributed by atoms with Crippen molar-refractivity contribution in [1.29, 1.82) is 0 Å². The van der Waals surface area contributed by atoms with Crippen LogP contribution in [0.2, 0.25) is 0 Å². The van der Waals surface area contributed by atoms with Crippen molar-refractivity contribution in [1.82, 2.24) is 0 Å². The number of benzene rings is 2. The third-order valence-electron chi connectivity index (χ3n) is 3.15. The Hall–Kier alpha value is -1.88. The molecule has 0 aliphatic heterocycles. The first-order chi connectivity index (χ1) is 9.84. The van der Waals surface area contributed by atoms with E-state index < -0.39 is 9.84 Å². The quantitative estimate of drug-likeness (QED) is 0.922. The molecule has 1 N–H and O–H groups in total. The molecule has 2 rings (SSSR count). The largest absolute Gasteiger partial charge is 0.382 e. The second-order valence-electron chi connectivity index (χ2n) is 5.17. The van der Waals surface area contributed by atoms with E-state index in [0.29, 0.717) is 4.90 Å². The highest BCUT2D eigenvalue weighted by Crippen LogP contribution is 2.16. The third-order valence-corrected chi connectivity index (χ3v) is 4.28. The van der Waals surface area contributed by atoms with Crippen molar-refractivity contribution in [2.24, 2.45) is 0 Å². The van der Waals surface area contributed by atoms with Gasteiger partial charge in [-0.2, -0.15) is 0 Å². The van der Waals surface area contributed by atoms with Crippen LogP contribution in [-0.4, -0.2) is 20.7 Å². The highest BCUT2D eigenvalue weighted by Gasteiger charge is 2.08. The lowest BCUT2D eigenvalue weighted by molar-refractivity contribution is 0.602. The maximum atomic E-state index is 12.8. The number of hydrogen-bond acceptors (Lipinski definition) is 3. The number of anilines is 1. The van der Waals surface area contributed by atoms with E-state index in [9.17, 15) is 12.8 Å². The Balaban J connectivity index is 1.99. The lowest BCUT2D eigenvalue weighted by Gasteiger charge is -2.15. The van der Waals surface area contributed by atoms with E-state index >= 15 is 0 Å². The van der Waals surface area contributed by atoms with Crippen LogP contribution >= 0.6 is 0 Å². The molecule has 0 saturated heterocycles. The molecule has 0 fully saturated rings. The van der Waals surface area contributed by atoms with Crippen LogP contribution in [0.5, 0.6) is 0 Å². The highest BCUT2D eigenvalue weighted by atomic mass is 32.2. The first-order valence-corrected chi connectivity index (χ1v) is 8.55. The summed E-state index contributed by atoms with van der Waals surface area (Å²) in [6, 6.07) is 13.2. The molecule has 0 aromatic heterocycles. The van der Waals surface area contributed by atoms with Gasteiger partial charge in [0.25, 0.3) is 0 Å². The van der Waals surface area contributed by atoms with Crippen molar-refractivity contribution in [3.8, 4) is 0 Å². The molecule has 3 nitrogen and oxygen atoms in total. The first kappa shape index (κ1) is 15.5. The van der Waals surface area contributed by atoms with E-state index in [2.05, 4.69) is 5.32 Å². The summed E-state index contributed by atoms with van der Waals surface area (Å²) in [4.78, 5) is 0.305. The van der Waals surface area contributed by atoms with Gasteiger partial charge in [-0.25, -0.2) is 12.8 Å². The normalized spacial score (nSPS) is 12.9. The summed E-state index contributed by atoms with van der Waals surface area (Å²) < 4.78 is 35.6. The van der Waals surface area contributed by atoms with Gasteiger partial charge in [0.2, 0.25) is 0 Å². The average molecular weight is 307 g/mol. The number of nitrogens with one attached hydrogen (secondary N) is 1. The maximum absolute atomic E-state index is 12.8. The monoisotopic (exact) mass is 307 g/mol. The minimum atomic E-state index is -3.16. The summed E-state index contributed by atoms with van der Waals surface area (Å²) in [6.07, 6.45) is 1.95. The van der Waals surface area contributed by atoms with E-state index in [1.54, 1.807) is 36.4 Å². The molecule has 0 saturated carbocycles. The summed E-state index contributed by atoms with van der Waals surface area (Å²) in [5.74, 6) is -0.240. The predicted octanol–water partition coefficient (Wildman–Crippen LogP) is 3.27. The molecule has 0 bridgehead atoms. The fourth-order valence-electron chi connectivity index (χ4n) is 2.11. The summed E-state index contributed by atoms with van der Waals surface area (Å²) in [6.45, 7) is 2.02. The molecule has 2 aromatic rings. The van der Waals surface area contributed by atoms with Crippen LogP contribution < -0.4 is 5.32 Å². The Kier molecular flexibility index (Phi) is 4.63. The van der Waals surface area contributed by atoms with Crippen LogP contribution in [0.15, 0.2) is 53.4 Å². The van der Waals surface area contributed by atoms with Crippen molar-refractivity contribution in [3.05, 3.63) is 59.9 Å². The SMILES string of the molecule is CC(Cc1ccc(F)cc1)Nc1ccc(S(C)(=O)=O)cc1. The standard InChI is InChI=1S/C16H18FNO2S/c1-12(11-13-3-5-14(17)6-4-13)18-15-7-9-16(10-8-15)21(2,19)20/h3-10,12,18H,11H2,1-2H3. The van der Waals surface area contributed by atoms with Gasteiger partial charge >= 0.3 is 0 Å². The molecule has 0 amide bonds. The molecular weight excluding hydrogens is 289 g/mol. The van der Waals surface area contributed by atoms with Crippen molar-refractivity contribution < 1.29 is 12.8 Å². The average Bonchev–Trinajstić information content (AvgIpc) is 2.41. The topological polar surface area (TPSA) is 46.2 Å². The van der Waals surface area contributed by atoms with E-state index in [-0.39, 0.29) is 11.9 Å². The number of halogens is 1. The molecule has 21 heavy (non-hydrogen) atoms. The molecule has 1 atom stereocenters. The van der Waals surface area contributed by atoms with Crippen molar-refractivity contribution in [2.45, 2.75) is 24.3 Å². The summed E-state index contributed by atoms with van der Waals surface area (Å²) in [7, 11) is -3.16.